The molecule has 0 bridgehead atoms. The molecule has 3 rings (SSSR count). The molecule has 1 fully saturated rings. The molecule has 0 saturated carbocycles. The number of hydrogen-bond acceptors (Lipinski definition) is 4. The minimum absolute atomic E-state index is 0.0208. The third-order valence-corrected chi connectivity index (χ3v) is 4.78. The van der Waals surface area contributed by atoms with Crippen molar-refractivity contribution in [1.29, 1.82) is 0 Å². The second-order valence-electron chi connectivity index (χ2n) is 6.20. The molecule has 0 spiro atoms. The smallest absolute Gasteiger partial charge is 0.311 e. The minimum atomic E-state index is -0.642. The minimum Gasteiger partial charge on any atom is -0.455 e. The van der Waals surface area contributed by atoms with Gasteiger partial charge in [-0.3, -0.25) is 14.4 Å². The van der Waals surface area contributed by atoms with Crippen LogP contribution >= 0.6 is 34.8 Å². The number of rotatable bonds is 5. The molecule has 1 N–H and O–H groups in total. The molecule has 2 amide bonds. The van der Waals surface area contributed by atoms with Gasteiger partial charge < -0.3 is 15.0 Å². The molecule has 9 heteroatoms. The number of esters is 1. The molecule has 1 heterocycles. The molecule has 0 unspecified atom stereocenters. The van der Waals surface area contributed by atoms with E-state index in [1.807, 2.05) is 0 Å². The van der Waals surface area contributed by atoms with Crippen molar-refractivity contribution in [2.45, 2.75) is 6.42 Å². The van der Waals surface area contributed by atoms with Crippen LogP contribution in [-0.4, -0.2) is 30.9 Å². The Morgan fingerprint density at radius 1 is 1.04 bits per heavy atom. The van der Waals surface area contributed by atoms with Gasteiger partial charge in [0.1, 0.15) is 0 Å². The lowest BCUT2D eigenvalue weighted by Gasteiger charge is -2.16. The predicted molar refractivity (Wildman–Crippen MR) is 108 cm³/mol. The van der Waals surface area contributed by atoms with Gasteiger partial charge in [-0.2, -0.15) is 0 Å². The number of amides is 2. The van der Waals surface area contributed by atoms with Crippen molar-refractivity contribution in [3.05, 3.63) is 57.5 Å². The molecule has 1 aliphatic heterocycles. The van der Waals surface area contributed by atoms with Gasteiger partial charge in [-0.05, 0) is 42.5 Å². The number of benzene rings is 2. The number of carbonyl (C=O) groups excluding carboxylic acids is 3. The van der Waals surface area contributed by atoms with Crippen molar-refractivity contribution in [3.63, 3.8) is 0 Å². The molecular formula is C19H15Cl3N2O4. The largest absolute Gasteiger partial charge is 0.455 e. The van der Waals surface area contributed by atoms with E-state index in [1.165, 1.54) is 23.1 Å². The van der Waals surface area contributed by atoms with Gasteiger partial charge in [-0.15, -0.1) is 0 Å². The van der Waals surface area contributed by atoms with Crippen LogP contribution in [0.5, 0.6) is 0 Å². The Balaban J connectivity index is 1.53. The van der Waals surface area contributed by atoms with Crippen LogP contribution in [0.25, 0.3) is 0 Å². The Bertz CT molecular complexity index is 898. The molecule has 28 heavy (non-hydrogen) atoms. The highest BCUT2D eigenvalue weighted by Gasteiger charge is 2.36. The van der Waals surface area contributed by atoms with E-state index in [-0.39, 0.29) is 18.9 Å². The van der Waals surface area contributed by atoms with Crippen molar-refractivity contribution >= 4 is 64.0 Å². The molecule has 2 aromatic rings. The molecule has 0 aromatic heterocycles. The molecule has 1 atom stereocenters. The van der Waals surface area contributed by atoms with Crippen molar-refractivity contribution in [2.75, 3.05) is 23.4 Å². The number of anilines is 2. The summed E-state index contributed by atoms with van der Waals surface area (Å²) in [6, 6.07) is 11.3. The van der Waals surface area contributed by atoms with Crippen molar-refractivity contribution in [2.24, 2.45) is 5.92 Å². The monoisotopic (exact) mass is 440 g/mol. The number of ether oxygens (including phenoxy) is 1. The van der Waals surface area contributed by atoms with Crippen LogP contribution in [0.4, 0.5) is 11.4 Å². The molecule has 0 aliphatic carbocycles. The van der Waals surface area contributed by atoms with Crippen LogP contribution < -0.4 is 10.2 Å². The highest BCUT2D eigenvalue weighted by atomic mass is 35.5. The predicted octanol–water partition coefficient (Wildman–Crippen LogP) is 4.18. The van der Waals surface area contributed by atoms with E-state index < -0.39 is 24.4 Å². The fourth-order valence-corrected chi connectivity index (χ4v) is 3.47. The van der Waals surface area contributed by atoms with Crippen LogP contribution in [0.3, 0.4) is 0 Å². The van der Waals surface area contributed by atoms with Gasteiger partial charge in [-0.1, -0.05) is 34.8 Å². The topological polar surface area (TPSA) is 75.7 Å². The average molecular weight is 442 g/mol. The Labute approximate surface area is 176 Å². The summed E-state index contributed by atoms with van der Waals surface area (Å²) in [6.07, 6.45) is 0.0208. The van der Waals surface area contributed by atoms with Crippen molar-refractivity contribution in [3.8, 4) is 0 Å². The van der Waals surface area contributed by atoms with Crippen LogP contribution in [-0.2, 0) is 19.1 Å². The Hall–Kier alpha value is -2.28. The number of nitrogens with zero attached hydrogens (tertiary/aromatic N) is 1. The summed E-state index contributed by atoms with van der Waals surface area (Å²) in [4.78, 5) is 37.9. The van der Waals surface area contributed by atoms with Gasteiger partial charge in [0.2, 0.25) is 5.91 Å². The summed E-state index contributed by atoms with van der Waals surface area (Å²) >= 11 is 17.6. The van der Waals surface area contributed by atoms with Crippen molar-refractivity contribution in [1.82, 2.24) is 0 Å². The van der Waals surface area contributed by atoms with Crippen molar-refractivity contribution < 1.29 is 19.1 Å². The highest BCUT2D eigenvalue weighted by Crippen LogP contribution is 2.27. The van der Waals surface area contributed by atoms with Gasteiger partial charge in [0, 0.05) is 39.4 Å². The molecule has 2 aromatic carbocycles. The van der Waals surface area contributed by atoms with E-state index >= 15 is 0 Å². The third kappa shape index (κ3) is 5.16. The van der Waals surface area contributed by atoms with Gasteiger partial charge in [0.15, 0.2) is 6.61 Å². The molecule has 6 nitrogen and oxygen atoms in total. The first kappa shape index (κ1) is 20.5. The SMILES string of the molecule is O=C(COC(=O)[C@H]1CC(=O)N(c2ccc(Cl)cc2)C1)Nc1cc(Cl)cc(Cl)c1. The zero-order valence-electron chi connectivity index (χ0n) is 14.5. The second kappa shape index (κ2) is 8.82. The Kier molecular flexibility index (Phi) is 6.44. The third-order valence-electron chi connectivity index (χ3n) is 4.09. The lowest BCUT2D eigenvalue weighted by molar-refractivity contribution is -0.151. The average Bonchev–Trinajstić information content (AvgIpc) is 3.01. The summed E-state index contributed by atoms with van der Waals surface area (Å²) < 4.78 is 5.06. The molecule has 146 valence electrons. The van der Waals surface area contributed by atoms with Crippen LogP contribution in [0, 0.1) is 5.92 Å². The zero-order valence-corrected chi connectivity index (χ0v) is 16.7. The number of nitrogens with one attached hydrogen (secondary N) is 1. The highest BCUT2D eigenvalue weighted by molar-refractivity contribution is 6.35. The standard InChI is InChI=1S/C19H15Cl3N2O4/c20-12-1-3-16(4-2-12)24-9-11(5-18(24)26)19(27)28-10-17(25)23-15-7-13(21)6-14(22)8-15/h1-4,6-8,11H,5,9-10H2,(H,23,25)/t11-/m0/s1. The zero-order chi connectivity index (χ0) is 20.3. The van der Waals surface area contributed by atoms with E-state index in [2.05, 4.69) is 5.32 Å². The summed E-state index contributed by atoms with van der Waals surface area (Å²) in [5, 5.41) is 3.83. The van der Waals surface area contributed by atoms with Gasteiger partial charge in [0.05, 0.1) is 5.92 Å². The summed E-state index contributed by atoms with van der Waals surface area (Å²) in [5.74, 6) is -1.98. The maximum absolute atomic E-state index is 12.2. The maximum atomic E-state index is 12.2. The molecule has 1 saturated heterocycles. The van der Waals surface area contributed by atoms with Crippen LogP contribution in [0.15, 0.2) is 42.5 Å². The normalized spacial score (nSPS) is 16.2. The van der Waals surface area contributed by atoms with E-state index in [0.717, 1.165) is 0 Å². The van der Waals surface area contributed by atoms with E-state index in [4.69, 9.17) is 39.5 Å². The van der Waals surface area contributed by atoms with Gasteiger partial charge in [0.25, 0.3) is 5.91 Å². The molecule has 0 radical (unpaired) electrons. The summed E-state index contributed by atoms with van der Waals surface area (Å²) in [6.45, 7) is -0.292. The fraction of sp³-hybridized carbons (Fsp3) is 0.211. The Morgan fingerprint density at radius 3 is 2.32 bits per heavy atom. The fourth-order valence-electron chi connectivity index (χ4n) is 2.81. The maximum Gasteiger partial charge on any atom is 0.311 e. The lowest BCUT2D eigenvalue weighted by Crippen LogP contribution is -2.28. The summed E-state index contributed by atoms with van der Waals surface area (Å²) in [5.41, 5.74) is 1.05. The molecular weight excluding hydrogens is 427 g/mol. The first-order valence-corrected chi connectivity index (χ1v) is 9.44. The van der Waals surface area contributed by atoms with Crippen LogP contribution in [0.2, 0.25) is 15.1 Å². The molecule has 1 aliphatic rings. The quantitative estimate of drug-likeness (QED) is 0.706. The van der Waals surface area contributed by atoms with E-state index in [0.29, 0.717) is 26.4 Å². The van der Waals surface area contributed by atoms with E-state index in [1.54, 1.807) is 24.3 Å². The lowest BCUT2D eigenvalue weighted by atomic mass is 10.1. The Morgan fingerprint density at radius 2 is 1.68 bits per heavy atom. The first-order valence-electron chi connectivity index (χ1n) is 8.30. The first-order chi connectivity index (χ1) is 13.3. The number of hydrogen-bond donors (Lipinski definition) is 1. The van der Waals surface area contributed by atoms with E-state index in [9.17, 15) is 14.4 Å². The number of carbonyl (C=O) groups is 3. The van der Waals surface area contributed by atoms with Gasteiger partial charge >= 0.3 is 5.97 Å². The number of halogens is 3. The summed E-state index contributed by atoms with van der Waals surface area (Å²) in [7, 11) is 0. The van der Waals surface area contributed by atoms with Gasteiger partial charge in [-0.25, -0.2) is 0 Å². The van der Waals surface area contributed by atoms with Crippen LogP contribution in [0.1, 0.15) is 6.42 Å². The second-order valence-corrected chi connectivity index (χ2v) is 7.51.